The van der Waals surface area contributed by atoms with Gasteiger partial charge in [-0.3, -0.25) is 4.79 Å². The first-order chi connectivity index (χ1) is 18.2. The Bertz CT molecular complexity index is 1410. The molecule has 0 fully saturated rings. The molecule has 0 bridgehead atoms. The van der Waals surface area contributed by atoms with Gasteiger partial charge < -0.3 is 18.4 Å². The zero-order chi connectivity index (χ0) is 27.7. The molecule has 0 heterocycles. The summed E-state index contributed by atoms with van der Waals surface area (Å²) in [5, 5.41) is 4.03. The van der Waals surface area contributed by atoms with E-state index in [-0.39, 0.29) is 23.0 Å². The van der Waals surface area contributed by atoms with Crippen molar-refractivity contribution in [2.24, 2.45) is 5.10 Å². The lowest BCUT2D eigenvalue weighted by atomic mass is 10.2. The molecule has 1 amide bonds. The zero-order valence-electron chi connectivity index (χ0n) is 21.5. The molecule has 0 aliphatic carbocycles. The summed E-state index contributed by atoms with van der Waals surface area (Å²) in [5.41, 5.74) is 4.32. The van der Waals surface area contributed by atoms with Gasteiger partial charge in [0.1, 0.15) is 4.90 Å². The average Bonchev–Trinajstić information content (AvgIpc) is 2.89. The van der Waals surface area contributed by atoms with E-state index in [1.807, 2.05) is 36.4 Å². The highest BCUT2D eigenvalue weighted by molar-refractivity contribution is 14.1. The fraction of sp³-hybridized carbons (Fsp3) is 0.259. The Kier molecular flexibility index (Phi) is 10.4. The number of aryl methyl sites for hydroxylation is 1. The number of carbonyl (C=O) groups excluding carboxylic acids is 1. The Morgan fingerprint density at radius 2 is 1.74 bits per heavy atom. The zero-order valence-corrected chi connectivity index (χ0v) is 24.5. The monoisotopic (exact) mass is 652 g/mol. The first kappa shape index (κ1) is 29.2. The molecule has 0 aliphatic heterocycles. The maximum absolute atomic E-state index is 12.8. The first-order valence-corrected chi connectivity index (χ1v) is 14.3. The van der Waals surface area contributed by atoms with E-state index in [9.17, 15) is 13.2 Å². The summed E-state index contributed by atoms with van der Waals surface area (Å²) in [6.07, 6.45) is 2.27. The van der Waals surface area contributed by atoms with Gasteiger partial charge in [0.2, 0.25) is 0 Å². The van der Waals surface area contributed by atoms with E-state index in [1.54, 1.807) is 49.4 Å². The molecule has 0 saturated carbocycles. The maximum Gasteiger partial charge on any atom is 0.339 e. The van der Waals surface area contributed by atoms with E-state index in [0.29, 0.717) is 32.8 Å². The molecule has 9 nitrogen and oxygen atoms in total. The first-order valence-electron chi connectivity index (χ1n) is 11.8. The van der Waals surface area contributed by atoms with Crippen LogP contribution in [-0.4, -0.2) is 40.9 Å². The standard InChI is InChI=1S/C27H29IN2O7S/c1-5-13-36-23-12-9-20(16-24(23)34-4)27(31)30-29-17-19-14-22(28)26(25(15-19)35-6-2)37-38(32,33)21-10-7-18(3)8-11-21/h7-12,14-17H,5-6,13H2,1-4H3,(H,30,31)/b29-17+. The second-order valence-corrected chi connectivity index (χ2v) is 10.7. The van der Waals surface area contributed by atoms with Crippen LogP contribution in [0.25, 0.3) is 0 Å². The molecular formula is C27H29IN2O7S. The van der Waals surface area contributed by atoms with E-state index in [4.69, 9.17) is 18.4 Å². The molecule has 0 aromatic heterocycles. The van der Waals surface area contributed by atoms with Gasteiger partial charge in [0.05, 0.1) is 30.1 Å². The van der Waals surface area contributed by atoms with Crippen molar-refractivity contribution in [2.75, 3.05) is 20.3 Å². The van der Waals surface area contributed by atoms with Crippen molar-refractivity contribution >= 4 is 44.8 Å². The molecule has 0 spiro atoms. The van der Waals surface area contributed by atoms with E-state index in [1.165, 1.54) is 25.5 Å². The van der Waals surface area contributed by atoms with Crippen LogP contribution in [0.5, 0.6) is 23.0 Å². The van der Waals surface area contributed by atoms with Gasteiger partial charge in [0.15, 0.2) is 23.0 Å². The van der Waals surface area contributed by atoms with Crippen LogP contribution in [0.1, 0.15) is 41.8 Å². The second kappa shape index (κ2) is 13.5. The van der Waals surface area contributed by atoms with Crippen molar-refractivity contribution in [2.45, 2.75) is 32.1 Å². The van der Waals surface area contributed by atoms with Gasteiger partial charge in [0, 0.05) is 5.56 Å². The predicted octanol–water partition coefficient (Wildman–Crippen LogP) is 5.33. The second-order valence-electron chi connectivity index (χ2n) is 8.03. The number of carbonyl (C=O) groups is 1. The van der Waals surface area contributed by atoms with Gasteiger partial charge in [-0.2, -0.15) is 13.5 Å². The molecule has 3 aromatic carbocycles. The molecule has 3 rings (SSSR count). The number of hydrogen-bond donors (Lipinski definition) is 1. The van der Waals surface area contributed by atoms with Crippen molar-refractivity contribution < 1.29 is 31.6 Å². The van der Waals surface area contributed by atoms with Crippen molar-refractivity contribution in [1.29, 1.82) is 0 Å². The molecule has 202 valence electrons. The number of methoxy groups -OCH3 is 1. The number of nitrogens with zero attached hydrogens (tertiary/aromatic N) is 1. The van der Waals surface area contributed by atoms with E-state index < -0.39 is 16.0 Å². The number of hydrazone groups is 1. The summed E-state index contributed by atoms with van der Waals surface area (Å²) in [6.45, 7) is 6.47. The van der Waals surface area contributed by atoms with Gasteiger partial charge >= 0.3 is 10.1 Å². The Morgan fingerprint density at radius 1 is 1.00 bits per heavy atom. The van der Waals surface area contributed by atoms with Gasteiger partial charge in [-0.15, -0.1) is 0 Å². The lowest BCUT2D eigenvalue weighted by Crippen LogP contribution is -2.17. The highest BCUT2D eigenvalue weighted by atomic mass is 127. The number of amides is 1. The topological polar surface area (TPSA) is 113 Å². The van der Waals surface area contributed by atoms with Crippen LogP contribution >= 0.6 is 22.6 Å². The molecule has 11 heteroatoms. The van der Waals surface area contributed by atoms with Crippen LogP contribution in [0.2, 0.25) is 0 Å². The number of rotatable bonds is 12. The molecule has 0 saturated heterocycles. The van der Waals surface area contributed by atoms with E-state index in [0.717, 1.165) is 12.0 Å². The quantitative estimate of drug-likeness (QED) is 0.122. The number of nitrogens with one attached hydrogen (secondary N) is 1. The molecule has 0 radical (unpaired) electrons. The Morgan fingerprint density at radius 3 is 2.39 bits per heavy atom. The van der Waals surface area contributed by atoms with Crippen LogP contribution in [-0.2, 0) is 10.1 Å². The smallest absolute Gasteiger partial charge is 0.339 e. The summed E-state index contributed by atoms with van der Waals surface area (Å²) in [5.74, 6) is 0.869. The number of ether oxygens (including phenoxy) is 3. The minimum atomic E-state index is -4.07. The third-order valence-corrected chi connectivity index (χ3v) is 7.14. The maximum atomic E-state index is 12.8. The number of benzene rings is 3. The van der Waals surface area contributed by atoms with Crippen molar-refractivity contribution in [3.63, 3.8) is 0 Å². The largest absolute Gasteiger partial charge is 0.493 e. The third-order valence-electron chi connectivity index (χ3n) is 5.10. The van der Waals surface area contributed by atoms with Gasteiger partial charge in [0.25, 0.3) is 5.91 Å². The average molecular weight is 653 g/mol. The van der Waals surface area contributed by atoms with E-state index in [2.05, 4.69) is 10.5 Å². The Hall–Kier alpha value is -3.32. The summed E-state index contributed by atoms with van der Waals surface area (Å²) >= 11 is 1.97. The highest BCUT2D eigenvalue weighted by Crippen LogP contribution is 2.36. The minimum absolute atomic E-state index is 0.0382. The summed E-state index contributed by atoms with van der Waals surface area (Å²) in [7, 11) is -2.57. The van der Waals surface area contributed by atoms with Crippen LogP contribution in [0.3, 0.4) is 0 Å². The van der Waals surface area contributed by atoms with Crippen LogP contribution in [0.15, 0.2) is 64.6 Å². The summed E-state index contributed by atoms with van der Waals surface area (Å²) in [6, 6.07) is 14.5. The number of halogens is 1. The number of hydrogen-bond acceptors (Lipinski definition) is 8. The fourth-order valence-corrected chi connectivity index (χ4v) is 5.08. The highest BCUT2D eigenvalue weighted by Gasteiger charge is 2.22. The van der Waals surface area contributed by atoms with Crippen molar-refractivity contribution in [3.8, 4) is 23.0 Å². The molecule has 0 unspecified atom stereocenters. The van der Waals surface area contributed by atoms with Crippen molar-refractivity contribution in [1.82, 2.24) is 5.43 Å². The van der Waals surface area contributed by atoms with Crippen molar-refractivity contribution in [3.05, 3.63) is 74.9 Å². The molecule has 0 aliphatic rings. The fourth-order valence-electron chi connectivity index (χ4n) is 3.24. The molecule has 1 N–H and O–H groups in total. The Labute approximate surface area is 236 Å². The minimum Gasteiger partial charge on any atom is -0.493 e. The summed E-state index contributed by atoms with van der Waals surface area (Å²) in [4.78, 5) is 12.6. The van der Waals surface area contributed by atoms with Crippen LogP contribution in [0, 0.1) is 10.5 Å². The van der Waals surface area contributed by atoms with E-state index >= 15 is 0 Å². The van der Waals surface area contributed by atoms with Gasteiger partial charge in [-0.25, -0.2) is 5.43 Å². The molecule has 3 aromatic rings. The molecule has 0 atom stereocenters. The molecule has 38 heavy (non-hydrogen) atoms. The summed E-state index contributed by atoms with van der Waals surface area (Å²) < 4.78 is 48.2. The van der Waals surface area contributed by atoms with Gasteiger partial charge in [-0.05, 0) is 90.9 Å². The SMILES string of the molecule is CCCOc1ccc(C(=O)N/N=C/c2cc(I)c(OS(=O)(=O)c3ccc(C)cc3)c(OCC)c2)cc1OC. The normalized spacial score (nSPS) is 11.3. The lowest BCUT2D eigenvalue weighted by molar-refractivity contribution is 0.0954. The molecular weight excluding hydrogens is 623 g/mol. The predicted molar refractivity (Wildman–Crippen MR) is 153 cm³/mol. The third kappa shape index (κ3) is 7.60. The Balaban J connectivity index is 1.77. The van der Waals surface area contributed by atoms with Crippen LogP contribution in [0.4, 0.5) is 0 Å². The lowest BCUT2D eigenvalue weighted by Gasteiger charge is -2.14. The van der Waals surface area contributed by atoms with Gasteiger partial charge in [-0.1, -0.05) is 24.6 Å². The van der Waals surface area contributed by atoms with Crippen LogP contribution < -0.4 is 23.8 Å².